The fourth-order valence-corrected chi connectivity index (χ4v) is 12.0. The van der Waals surface area contributed by atoms with E-state index in [2.05, 4.69) is 79.7 Å². The van der Waals surface area contributed by atoms with Gasteiger partial charge in [0.25, 0.3) is 8.32 Å². The molecule has 0 spiro atoms. The van der Waals surface area contributed by atoms with Crippen molar-refractivity contribution in [1.82, 2.24) is 0 Å². The average Bonchev–Trinajstić information content (AvgIpc) is 3.11. The first-order valence-electron chi connectivity index (χ1n) is 12.7. The molecule has 0 aromatic heterocycles. The third-order valence-corrected chi connectivity index (χ3v) is 14.3. The molecule has 182 valence electrons. The van der Waals surface area contributed by atoms with Crippen molar-refractivity contribution in [3.05, 3.63) is 53.1 Å². The van der Waals surface area contributed by atoms with Crippen LogP contribution in [0, 0.1) is 0 Å². The molecule has 0 radical (unpaired) electrons. The summed E-state index contributed by atoms with van der Waals surface area (Å²) in [6.45, 7) is 18.6. The highest BCUT2D eigenvalue weighted by atomic mass is 28.4. The van der Waals surface area contributed by atoms with Gasteiger partial charge in [0.05, 0.1) is 12.7 Å². The molecule has 0 heterocycles. The molecule has 1 aliphatic rings. The Morgan fingerprint density at radius 2 is 1.47 bits per heavy atom. The lowest BCUT2D eigenvalue weighted by atomic mass is 9.81. The second-order valence-corrected chi connectivity index (χ2v) is 17.0. The molecule has 34 heavy (non-hydrogen) atoms. The Labute approximate surface area is 206 Å². The smallest absolute Gasteiger partial charge is 0.337 e. The average molecular weight is 477 g/mol. The lowest BCUT2D eigenvalue weighted by molar-refractivity contribution is 0.0601. The van der Waals surface area contributed by atoms with Gasteiger partial charge in [-0.3, -0.25) is 0 Å². The van der Waals surface area contributed by atoms with E-state index in [1.54, 1.807) is 0 Å². The number of hydrogen-bond acceptors (Lipinski definition) is 3. The summed E-state index contributed by atoms with van der Waals surface area (Å²) in [5.41, 5.74) is 5.03. The Balaban J connectivity index is 1.99. The number of aryl methyl sites for hydroxylation is 1. The molecular formula is C30H40O3Si. The van der Waals surface area contributed by atoms with Crippen LogP contribution >= 0.6 is 0 Å². The second-order valence-electron chi connectivity index (χ2n) is 11.6. The maximum Gasteiger partial charge on any atom is 0.337 e. The molecule has 0 saturated heterocycles. The Kier molecular flexibility index (Phi) is 6.35. The zero-order valence-electron chi connectivity index (χ0n) is 22.3. The van der Waals surface area contributed by atoms with Crippen LogP contribution in [0.4, 0.5) is 0 Å². The van der Waals surface area contributed by atoms with E-state index in [4.69, 9.17) is 9.16 Å². The fourth-order valence-electron chi connectivity index (χ4n) is 6.75. The summed E-state index contributed by atoms with van der Waals surface area (Å²) in [6, 6.07) is 12.8. The first-order chi connectivity index (χ1) is 15.9. The molecule has 0 aliphatic heterocycles. The van der Waals surface area contributed by atoms with E-state index in [1.165, 1.54) is 39.8 Å². The lowest BCUT2D eigenvalue weighted by Crippen LogP contribution is -2.50. The molecule has 3 nitrogen and oxygen atoms in total. The predicted molar refractivity (Wildman–Crippen MR) is 146 cm³/mol. The van der Waals surface area contributed by atoms with Crippen LogP contribution in [0.5, 0.6) is 5.75 Å². The summed E-state index contributed by atoms with van der Waals surface area (Å²) in [5.74, 6) is 0.691. The van der Waals surface area contributed by atoms with Crippen LogP contribution in [0.2, 0.25) is 16.6 Å². The molecule has 3 aromatic carbocycles. The molecule has 0 amide bonds. The van der Waals surface area contributed by atoms with E-state index < -0.39 is 8.32 Å². The standard InChI is InChI=1S/C30H40O3Si/c1-18(2)34(19(3)4,20(5)6)33-22-11-13-23-25-14-15-30(7,8)28(25)27-16-21(29(31)32-9)10-12-24(27)26(23)17-22/h10-13,16-20H,14-15H2,1-9H3. The number of methoxy groups -OCH3 is 1. The minimum Gasteiger partial charge on any atom is -0.543 e. The summed E-state index contributed by atoms with van der Waals surface area (Å²) in [7, 11) is -0.613. The van der Waals surface area contributed by atoms with Gasteiger partial charge < -0.3 is 9.16 Å². The van der Waals surface area contributed by atoms with Gasteiger partial charge in [0.15, 0.2) is 0 Å². The number of carbonyl (C=O) groups is 1. The van der Waals surface area contributed by atoms with Gasteiger partial charge in [0.1, 0.15) is 5.75 Å². The van der Waals surface area contributed by atoms with Crippen LogP contribution in [0.3, 0.4) is 0 Å². The number of carbonyl (C=O) groups excluding carboxylic acids is 1. The summed E-state index contributed by atoms with van der Waals surface area (Å²) < 4.78 is 12.1. The van der Waals surface area contributed by atoms with E-state index in [0.717, 1.165) is 18.6 Å². The molecule has 3 aromatic rings. The van der Waals surface area contributed by atoms with Crippen molar-refractivity contribution in [1.29, 1.82) is 0 Å². The quantitative estimate of drug-likeness (QED) is 0.203. The van der Waals surface area contributed by atoms with E-state index in [1.807, 2.05) is 12.1 Å². The van der Waals surface area contributed by atoms with Crippen LogP contribution in [0.1, 0.15) is 83.3 Å². The fraction of sp³-hybridized carbons (Fsp3) is 0.500. The van der Waals surface area contributed by atoms with Gasteiger partial charge in [0.2, 0.25) is 0 Å². The zero-order chi connectivity index (χ0) is 25.0. The van der Waals surface area contributed by atoms with E-state index in [0.29, 0.717) is 22.2 Å². The van der Waals surface area contributed by atoms with Gasteiger partial charge >= 0.3 is 5.97 Å². The van der Waals surface area contributed by atoms with Crippen LogP contribution in [-0.2, 0) is 16.6 Å². The third-order valence-electron chi connectivity index (χ3n) is 8.30. The van der Waals surface area contributed by atoms with Crippen molar-refractivity contribution >= 4 is 35.8 Å². The number of hydrogen-bond donors (Lipinski definition) is 0. The van der Waals surface area contributed by atoms with Crippen LogP contribution in [0.25, 0.3) is 21.5 Å². The van der Waals surface area contributed by atoms with Crippen molar-refractivity contribution in [3.8, 4) is 5.75 Å². The van der Waals surface area contributed by atoms with Gasteiger partial charge in [-0.1, -0.05) is 67.5 Å². The molecule has 0 atom stereocenters. The molecule has 0 bridgehead atoms. The van der Waals surface area contributed by atoms with Crippen LogP contribution in [-0.4, -0.2) is 21.4 Å². The Bertz CT molecular complexity index is 1230. The SMILES string of the molecule is COC(=O)c1ccc2c(c1)c1c(c3ccc(O[Si](C(C)C)(C(C)C)C(C)C)cc32)CCC1(C)C. The number of rotatable bonds is 6. The van der Waals surface area contributed by atoms with Crippen molar-refractivity contribution in [3.63, 3.8) is 0 Å². The monoisotopic (exact) mass is 476 g/mol. The molecule has 0 saturated carbocycles. The normalized spacial score (nSPS) is 15.5. The number of fused-ring (bicyclic) bond motifs is 6. The van der Waals surface area contributed by atoms with E-state index in [-0.39, 0.29) is 11.4 Å². The highest BCUT2D eigenvalue weighted by Gasteiger charge is 2.47. The first kappa shape index (κ1) is 24.8. The van der Waals surface area contributed by atoms with Gasteiger partial charge in [0, 0.05) is 0 Å². The summed E-state index contributed by atoms with van der Waals surface area (Å²) in [4.78, 5) is 12.3. The van der Waals surface area contributed by atoms with E-state index >= 15 is 0 Å². The molecule has 1 aliphatic carbocycles. The van der Waals surface area contributed by atoms with Crippen LogP contribution in [0.15, 0.2) is 36.4 Å². The van der Waals surface area contributed by atoms with Crippen molar-refractivity contribution in [2.75, 3.05) is 7.11 Å². The Morgan fingerprint density at radius 1 is 0.853 bits per heavy atom. The largest absolute Gasteiger partial charge is 0.543 e. The van der Waals surface area contributed by atoms with E-state index in [9.17, 15) is 4.79 Å². The van der Waals surface area contributed by atoms with Gasteiger partial charge in [-0.15, -0.1) is 0 Å². The first-order valence-corrected chi connectivity index (χ1v) is 14.9. The molecule has 4 rings (SSSR count). The Hall–Kier alpha value is -2.33. The number of esters is 1. The minimum atomic E-state index is -2.06. The second kappa shape index (κ2) is 8.71. The summed E-state index contributed by atoms with van der Waals surface area (Å²) >= 11 is 0. The molecule has 0 fully saturated rings. The van der Waals surface area contributed by atoms with Gasteiger partial charge in [-0.2, -0.15) is 0 Å². The van der Waals surface area contributed by atoms with Crippen molar-refractivity contribution < 1.29 is 14.0 Å². The van der Waals surface area contributed by atoms with Crippen molar-refractivity contribution in [2.45, 2.75) is 90.3 Å². The Morgan fingerprint density at radius 3 is 2.06 bits per heavy atom. The summed E-state index contributed by atoms with van der Waals surface area (Å²) in [6.07, 6.45) is 2.17. The molecule has 4 heteroatoms. The molecule has 0 unspecified atom stereocenters. The number of ether oxygens (including phenoxy) is 1. The topological polar surface area (TPSA) is 35.5 Å². The summed E-state index contributed by atoms with van der Waals surface area (Å²) in [5, 5.41) is 4.90. The maximum absolute atomic E-state index is 12.3. The highest BCUT2D eigenvalue weighted by molar-refractivity contribution is 6.78. The van der Waals surface area contributed by atoms with Gasteiger partial charge in [-0.25, -0.2) is 4.79 Å². The highest BCUT2D eigenvalue weighted by Crippen LogP contribution is 2.48. The predicted octanol–water partition coefficient (Wildman–Crippen LogP) is 8.56. The lowest BCUT2D eigenvalue weighted by Gasteiger charge is -2.42. The molecule has 0 N–H and O–H groups in total. The van der Waals surface area contributed by atoms with Crippen LogP contribution < -0.4 is 4.43 Å². The maximum atomic E-state index is 12.3. The third kappa shape index (κ3) is 3.75. The minimum absolute atomic E-state index is 0.0701. The number of benzene rings is 3. The molecular weight excluding hydrogens is 436 g/mol. The zero-order valence-corrected chi connectivity index (χ0v) is 23.3. The van der Waals surface area contributed by atoms with Gasteiger partial charge in [-0.05, 0) is 91.8 Å². The van der Waals surface area contributed by atoms with Crippen molar-refractivity contribution in [2.24, 2.45) is 0 Å².